The molecule has 0 spiro atoms. The van der Waals surface area contributed by atoms with Crippen LogP contribution < -0.4 is 10.1 Å². The van der Waals surface area contributed by atoms with Gasteiger partial charge in [-0.15, -0.1) is 0 Å². The summed E-state index contributed by atoms with van der Waals surface area (Å²) in [5.41, 5.74) is 4.87. The minimum Gasteiger partial charge on any atom is -0.508 e. The van der Waals surface area contributed by atoms with Crippen molar-refractivity contribution in [3.8, 4) is 5.75 Å². The Balaban J connectivity index is 1.62. The minimum atomic E-state index is -3.60. The summed E-state index contributed by atoms with van der Waals surface area (Å²) in [5.74, 6) is 0.198. The van der Waals surface area contributed by atoms with Gasteiger partial charge in [0, 0.05) is 5.69 Å². The van der Waals surface area contributed by atoms with E-state index in [-0.39, 0.29) is 10.6 Å². The number of nitrogens with one attached hydrogen (secondary N) is 2. The van der Waals surface area contributed by atoms with Gasteiger partial charge in [-0.2, -0.15) is 5.10 Å². The van der Waals surface area contributed by atoms with Crippen LogP contribution in [0.2, 0.25) is 0 Å². The molecule has 0 aliphatic rings. The molecule has 0 bridgehead atoms. The van der Waals surface area contributed by atoms with Gasteiger partial charge in [0.15, 0.2) is 0 Å². The zero-order chi connectivity index (χ0) is 18.4. The van der Waals surface area contributed by atoms with Crippen LogP contribution >= 0.6 is 0 Å². The zero-order valence-corrected chi connectivity index (χ0v) is 14.5. The van der Waals surface area contributed by atoms with Crippen molar-refractivity contribution >= 4 is 27.6 Å². The highest BCUT2D eigenvalue weighted by atomic mass is 32.2. The summed E-state index contributed by atoms with van der Waals surface area (Å²) < 4.78 is 27.1. The number of benzene rings is 3. The summed E-state index contributed by atoms with van der Waals surface area (Å²) in [6.45, 7) is 0. The van der Waals surface area contributed by atoms with E-state index in [9.17, 15) is 13.5 Å². The second kappa shape index (κ2) is 7.71. The summed E-state index contributed by atoms with van der Waals surface area (Å²) in [5, 5.41) is 13.3. The molecule has 0 atom stereocenters. The topological polar surface area (TPSA) is 90.8 Å². The van der Waals surface area contributed by atoms with Crippen LogP contribution in [-0.2, 0) is 10.0 Å². The van der Waals surface area contributed by atoms with Crippen molar-refractivity contribution < 1.29 is 13.5 Å². The highest BCUT2D eigenvalue weighted by Gasteiger charge is 2.12. The summed E-state index contributed by atoms with van der Waals surface area (Å²) in [4.78, 5) is 0.209. The van der Waals surface area contributed by atoms with Gasteiger partial charge in [0.05, 0.1) is 16.8 Å². The molecule has 0 radical (unpaired) electrons. The fraction of sp³-hybridized carbons (Fsp3) is 0. The molecule has 26 heavy (non-hydrogen) atoms. The third kappa shape index (κ3) is 4.61. The molecule has 0 saturated carbocycles. The molecular weight excluding hydrogens is 350 g/mol. The largest absolute Gasteiger partial charge is 0.508 e. The van der Waals surface area contributed by atoms with Crippen molar-refractivity contribution in [3.05, 3.63) is 84.4 Å². The molecule has 132 valence electrons. The number of phenolic OH excluding ortho intramolecular Hbond substituents is 1. The number of sulfonamides is 1. The Labute approximate surface area is 151 Å². The number of phenols is 1. The molecule has 0 fully saturated rings. The SMILES string of the molecule is O=S(=O)(Nc1ccc(N/N=C/c2ccc(O)cc2)cc1)c1ccccc1. The van der Waals surface area contributed by atoms with Gasteiger partial charge in [-0.3, -0.25) is 10.1 Å². The fourth-order valence-electron chi connectivity index (χ4n) is 2.17. The fourth-order valence-corrected chi connectivity index (χ4v) is 3.25. The lowest BCUT2D eigenvalue weighted by Gasteiger charge is -2.08. The maximum Gasteiger partial charge on any atom is 0.261 e. The molecule has 3 rings (SSSR count). The lowest BCUT2D eigenvalue weighted by molar-refractivity contribution is 0.475. The second-order valence-corrected chi connectivity index (χ2v) is 7.14. The molecule has 0 aliphatic heterocycles. The molecule has 0 heterocycles. The molecule has 7 heteroatoms. The van der Waals surface area contributed by atoms with Gasteiger partial charge in [0.2, 0.25) is 0 Å². The quantitative estimate of drug-likeness (QED) is 0.458. The molecule has 0 aromatic heterocycles. The lowest BCUT2D eigenvalue weighted by Crippen LogP contribution is -2.12. The minimum absolute atomic E-state index is 0.198. The van der Waals surface area contributed by atoms with Crippen LogP contribution in [0.25, 0.3) is 0 Å². The lowest BCUT2D eigenvalue weighted by atomic mass is 10.2. The molecule has 3 aromatic carbocycles. The molecule has 0 aliphatic carbocycles. The van der Waals surface area contributed by atoms with E-state index < -0.39 is 10.0 Å². The zero-order valence-electron chi connectivity index (χ0n) is 13.7. The number of hydrazone groups is 1. The maximum atomic E-state index is 12.3. The van der Waals surface area contributed by atoms with E-state index in [2.05, 4.69) is 15.2 Å². The number of anilines is 2. The number of aromatic hydroxyl groups is 1. The third-order valence-electron chi connectivity index (χ3n) is 3.49. The van der Waals surface area contributed by atoms with Crippen molar-refractivity contribution in [2.45, 2.75) is 4.90 Å². The van der Waals surface area contributed by atoms with E-state index in [1.807, 2.05) is 0 Å². The van der Waals surface area contributed by atoms with E-state index in [1.165, 1.54) is 12.1 Å². The summed E-state index contributed by atoms with van der Waals surface area (Å²) >= 11 is 0. The normalized spacial score (nSPS) is 11.4. The predicted molar refractivity (Wildman–Crippen MR) is 103 cm³/mol. The van der Waals surface area contributed by atoms with Gasteiger partial charge < -0.3 is 5.11 Å². The van der Waals surface area contributed by atoms with E-state index in [1.54, 1.807) is 72.9 Å². The second-order valence-electron chi connectivity index (χ2n) is 5.46. The van der Waals surface area contributed by atoms with Gasteiger partial charge in [0.1, 0.15) is 5.75 Å². The predicted octanol–water partition coefficient (Wildman–Crippen LogP) is 3.64. The number of hydrogen-bond acceptors (Lipinski definition) is 5. The first-order valence-corrected chi connectivity index (χ1v) is 9.27. The van der Waals surface area contributed by atoms with Gasteiger partial charge in [-0.1, -0.05) is 18.2 Å². The first-order chi connectivity index (χ1) is 12.5. The molecule has 0 saturated heterocycles. The van der Waals surface area contributed by atoms with Gasteiger partial charge >= 0.3 is 0 Å². The summed E-state index contributed by atoms with van der Waals surface area (Å²) in [6.07, 6.45) is 1.62. The van der Waals surface area contributed by atoms with Gasteiger partial charge in [-0.25, -0.2) is 8.42 Å². The Bertz CT molecular complexity index is 984. The highest BCUT2D eigenvalue weighted by molar-refractivity contribution is 7.92. The standard InChI is InChI=1S/C19H17N3O3S/c23-18-12-6-15(7-13-18)14-20-21-16-8-10-17(11-9-16)22-26(24,25)19-4-2-1-3-5-19/h1-14,21-23H/b20-14+. The van der Waals surface area contributed by atoms with Crippen LogP contribution in [0, 0.1) is 0 Å². The smallest absolute Gasteiger partial charge is 0.261 e. The van der Waals surface area contributed by atoms with Gasteiger partial charge in [0.25, 0.3) is 10.0 Å². The Kier molecular flexibility index (Phi) is 5.19. The van der Waals surface area contributed by atoms with Crippen molar-refractivity contribution in [2.24, 2.45) is 5.10 Å². The van der Waals surface area contributed by atoms with Crippen molar-refractivity contribution in [3.63, 3.8) is 0 Å². The Morgan fingerprint density at radius 2 is 1.42 bits per heavy atom. The monoisotopic (exact) mass is 367 g/mol. The van der Waals surface area contributed by atoms with Crippen LogP contribution in [0.15, 0.2) is 88.9 Å². The van der Waals surface area contributed by atoms with Crippen molar-refractivity contribution in [1.82, 2.24) is 0 Å². The molecule has 3 N–H and O–H groups in total. The van der Waals surface area contributed by atoms with E-state index in [0.29, 0.717) is 11.4 Å². The first kappa shape index (κ1) is 17.5. The summed E-state index contributed by atoms with van der Waals surface area (Å²) in [7, 11) is -3.60. The van der Waals surface area contributed by atoms with Crippen molar-refractivity contribution in [1.29, 1.82) is 0 Å². The number of hydrogen-bond donors (Lipinski definition) is 3. The average Bonchev–Trinajstić information content (AvgIpc) is 2.65. The third-order valence-corrected chi connectivity index (χ3v) is 4.89. The number of nitrogens with zero attached hydrogens (tertiary/aromatic N) is 1. The van der Waals surface area contributed by atoms with Crippen LogP contribution in [0.5, 0.6) is 5.75 Å². The number of rotatable bonds is 6. The van der Waals surface area contributed by atoms with Gasteiger partial charge in [-0.05, 0) is 66.2 Å². The van der Waals surface area contributed by atoms with Crippen LogP contribution in [0.1, 0.15) is 5.56 Å². The Morgan fingerprint density at radius 3 is 2.08 bits per heavy atom. The van der Waals surface area contributed by atoms with Crippen molar-refractivity contribution in [2.75, 3.05) is 10.1 Å². The maximum absolute atomic E-state index is 12.3. The Morgan fingerprint density at radius 1 is 0.808 bits per heavy atom. The van der Waals surface area contributed by atoms with Crippen LogP contribution in [0.3, 0.4) is 0 Å². The highest BCUT2D eigenvalue weighted by Crippen LogP contribution is 2.18. The van der Waals surface area contributed by atoms with E-state index in [0.717, 1.165) is 5.56 Å². The summed E-state index contributed by atoms with van der Waals surface area (Å²) in [6, 6.07) is 21.6. The molecule has 3 aromatic rings. The molecule has 6 nitrogen and oxygen atoms in total. The van der Waals surface area contributed by atoms with E-state index >= 15 is 0 Å². The average molecular weight is 367 g/mol. The molecule has 0 amide bonds. The first-order valence-electron chi connectivity index (χ1n) is 7.79. The van der Waals surface area contributed by atoms with Crippen LogP contribution in [-0.4, -0.2) is 19.7 Å². The van der Waals surface area contributed by atoms with E-state index in [4.69, 9.17) is 0 Å². The Hall–Kier alpha value is -3.32. The molecule has 0 unspecified atom stereocenters. The molecular formula is C19H17N3O3S. The van der Waals surface area contributed by atoms with Crippen LogP contribution in [0.4, 0.5) is 11.4 Å².